The summed E-state index contributed by atoms with van der Waals surface area (Å²) in [6.07, 6.45) is 0. The van der Waals surface area contributed by atoms with E-state index in [1.165, 1.54) is 0 Å². The standard InChI is InChI=1S/C11H9ClN2O/c1-6-8-5-13-10-7(11(8)15-14-6)3-2-4-9(10)12/h2-4,13H,5H2,1H3. The zero-order valence-electron chi connectivity index (χ0n) is 8.17. The molecule has 15 heavy (non-hydrogen) atoms. The molecule has 76 valence electrons. The van der Waals surface area contributed by atoms with E-state index in [0.29, 0.717) is 5.02 Å². The minimum Gasteiger partial charge on any atom is -0.379 e. The van der Waals surface area contributed by atoms with E-state index in [1.807, 2.05) is 25.1 Å². The maximum atomic E-state index is 6.09. The molecule has 1 aliphatic rings. The largest absolute Gasteiger partial charge is 0.379 e. The van der Waals surface area contributed by atoms with E-state index in [2.05, 4.69) is 10.5 Å². The lowest BCUT2D eigenvalue weighted by molar-refractivity contribution is 0.426. The lowest BCUT2D eigenvalue weighted by Crippen LogP contribution is -2.08. The number of nitrogens with one attached hydrogen (secondary N) is 1. The lowest BCUT2D eigenvalue weighted by atomic mass is 10.0. The SMILES string of the molecule is Cc1noc2c1CNc1c(Cl)cccc1-2. The van der Waals surface area contributed by atoms with Gasteiger partial charge in [-0.2, -0.15) is 0 Å². The first kappa shape index (κ1) is 8.80. The Morgan fingerprint density at radius 3 is 3.20 bits per heavy atom. The van der Waals surface area contributed by atoms with E-state index in [0.717, 1.165) is 34.8 Å². The van der Waals surface area contributed by atoms with Gasteiger partial charge in [-0.15, -0.1) is 0 Å². The van der Waals surface area contributed by atoms with Crippen LogP contribution in [-0.2, 0) is 6.54 Å². The molecule has 1 N–H and O–H groups in total. The van der Waals surface area contributed by atoms with Gasteiger partial charge >= 0.3 is 0 Å². The Kier molecular flexibility index (Phi) is 1.76. The predicted molar refractivity (Wildman–Crippen MR) is 59.0 cm³/mol. The van der Waals surface area contributed by atoms with Crippen LogP contribution in [0.2, 0.25) is 5.02 Å². The lowest BCUT2D eigenvalue weighted by Gasteiger charge is -2.17. The summed E-state index contributed by atoms with van der Waals surface area (Å²) in [5.41, 5.74) is 3.97. The molecule has 2 aromatic rings. The fraction of sp³-hybridized carbons (Fsp3) is 0.182. The van der Waals surface area contributed by atoms with Gasteiger partial charge in [-0.05, 0) is 19.1 Å². The minimum atomic E-state index is 0.715. The van der Waals surface area contributed by atoms with Crippen molar-refractivity contribution in [3.63, 3.8) is 0 Å². The molecule has 1 aromatic carbocycles. The van der Waals surface area contributed by atoms with Crippen molar-refractivity contribution < 1.29 is 4.52 Å². The second-order valence-electron chi connectivity index (χ2n) is 3.59. The van der Waals surface area contributed by atoms with E-state index >= 15 is 0 Å². The fourth-order valence-electron chi connectivity index (χ4n) is 1.88. The molecular formula is C11H9ClN2O. The topological polar surface area (TPSA) is 38.1 Å². The predicted octanol–water partition coefficient (Wildman–Crippen LogP) is 3.23. The Hall–Kier alpha value is -1.48. The number of hydrogen-bond donors (Lipinski definition) is 1. The van der Waals surface area contributed by atoms with Gasteiger partial charge in [0.15, 0.2) is 5.76 Å². The number of hydrogen-bond acceptors (Lipinski definition) is 3. The molecule has 1 aromatic heterocycles. The average molecular weight is 221 g/mol. The highest BCUT2D eigenvalue weighted by Gasteiger charge is 2.23. The summed E-state index contributed by atoms with van der Waals surface area (Å²) in [4.78, 5) is 0. The molecule has 0 radical (unpaired) electrons. The van der Waals surface area contributed by atoms with Gasteiger partial charge in [0.1, 0.15) is 0 Å². The van der Waals surface area contributed by atoms with Crippen LogP contribution in [0.5, 0.6) is 0 Å². The highest BCUT2D eigenvalue weighted by molar-refractivity contribution is 6.34. The van der Waals surface area contributed by atoms with Gasteiger partial charge in [-0.25, -0.2) is 0 Å². The quantitative estimate of drug-likeness (QED) is 0.741. The molecule has 0 amide bonds. The molecule has 4 heteroatoms. The third-order valence-electron chi connectivity index (χ3n) is 2.68. The highest BCUT2D eigenvalue weighted by Crippen LogP contribution is 2.40. The van der Waals surface area contributed by atoms with Crippen LogP contribution < -0.4 is 5.32 Å². The van der Waals surface area contributed by atoms with Crippen LogP contribution in [0.4, 0.5) is 5.69 Å². The summed E-state index contributed by atoms with van der Waals surface area (Å²) in [6, 6.07) is 5.76. The minimum absolute atomic E-state index is 0.715. The summed E-state index contributed by atoms with van der Waals surface area (Å²) in [6.45, 7) is 2.67. The Bertz CT molecular complexity index is 533. The van der Waals surface area contributed by atoms with Crippen LogP contribution in [-0.4, -0.2) is 5.16 Å². The first-order valence-electron chi connectivity index (χ1n) is 4.75. The molecule has 1 aliphatic heterocycles. The summed E-state index contributed by atoms with van der Waals surface area (Å²) < 4.78 is 5.32. The van der Waals surface area contributed by atoms with Crippen molar-refractivity contribution in [3.05, 3.63) is 34.5 Å². The van der Waals surface area contributed by atoms with Crippen LogP contribution in [0.1, 0.15) is 11.3 Å². The van der Waals surface area contributed by atoms with Gasteiger partial charge in [-0.1, -0.05) is 22.8 Å². The Balaban J connectivity index is 2.30. The second-order valence-corrected chi connectivity index (χ2v) is 4.00. The number of aromatic nitrogens is 1. The van der Waals surface area contributed by atoms with Crippen molar-refractivity contribution >= 4 is 17.3 Å². The summed E-state index contributed by atoms with van der Waals surface area (Å²) in [5, 5.41) is 7.97. The number of anilines is 1. The van der Waals surface area contributed by atoms with Crippen molar-refractivity contribution in [2.24, 2.45) is 0 Å². The average Bonchev–Trinajstić information content (AvgIpc) is 2.61. The zero-order chi connectivity index (χ0) is 10.4. The Labute approximate surface area is 92.0 Å². The van der Waals surface area contributed by atoms with Crippen LogP contribution in [0.3, 0.4) is 0 Å². The normalized spacial score (nSPS) is 12.9. The van der Waals surface area contributed by atoms with Gasteiger partial charge in [0.25, 0.3) is 0 Å². The molecule has 0 atom stereocenters. The van der Waals surface area contributed by atoms with Gasteiger partial charge in [0, 0.05) is 17.7 Å². The first-order chi connectivity index (χ1) is 7.27. The maximum Gasteiger partial charge on any atom is 0.174 e. The number of benzene rings is 1. The van der Waals surface area contributed by atoms with Crippen LogP contribution in [0, 0.1) is 6.92 Å². The van der Waals surface area contributed by atoms with Crippen molar-refractivity contribution in [1.29, 1.82) is 0 Å². The molecule has 3 rings (SSSR count). The van der Waals surface area contributed by atoms with Crippen molar-refractivity contribution in [2.45, 2.75) is 13.5 Å². The number of rotatable bonds is 0. The van der Waals surface area contributed by atoms with Gasteiger partial charge < -0.3 is 9.84 Å². The zero-order valence-corrected chi connectivity index (χ0v) is 8.93. The molecule has 0 saturated carbocycles. The third-order valence-corrected chi connectivity index (χ3v) is 3.00. The van der Waals surface area contributed by atoms with Crippen LogP contribution in [0.15, 0.2) is 22.7 Å². The van der Waals surface area contributed by atoms with Crippen LogP contribution >= 0.6 is 11.6 Å². The molecule has 0 spiro atoms. The molecule has 2 heterocycles. The van der Waals surface area contributed by atoms with E-state index in [9.17, 15) is 0 Å². The molecule has 0 saturated heterocycles. The molecule has 0 bridgehead atoms. The van der Waals surface area contributed by atoms with Gasteiger partial charge in [0.05, 0.1) is 16.4 Å². The first-order valence-corrected chi connectivity index (χ1v) is 5.13. The molecule has 0 fully saturated rings. The third kappa shape index (κ3) is 1.16. The Morgan fingerprint density at radius 2 is 2.33 bits per heavy atom. The van der Waals surface area contributed by atoms with E-state index in [1.54, 1.807) is 0 Å². The Morgan fingerprint density at radius 1 is 1.47 bits per heavy atom. The number of para-hydroxylation sites is 1. The summed E-state index contributed by atoms with van der Waals surface area (Å²) >= 11 is 6.09. The molecular weight excluding hydrogens is 212 g/mol. The van der Waals surface area contributed by atoms with Crippen molar-refractivity contribution in [1.82, 2.24) is 5.16 Å². The second kappa shape index (κ2) is 3.00. The molecule has 0 unspecified atom stereocenters. The number of nitrogens with zero attached hydrogens (tertiary/aromatic N) is 1. The van der Waals surface area contributed by atoms with Crippen molar-refractivity contribution in [3.8, 4) is 11.3 Å². The van der Waals surface area contributed by atoms with E-state index < -0.39 is 0 Å². The molecule has 3 nitrogen and oxygen atoms in total. The van der Waals surface area contributed by atoms with E-state index in [-0.39, 0.29) is 0 Å². The highest BCUT2D eigenvalue weighted by atomic mass is 35.5. The van der Waals surface area contributed by atoms with Gasteiger partial charge in [0.2, 0.25) is 0 Å². The summed E-state index contributed by atoms with van der Waals surface area (Å²) in [5.74, 6) is 0.837. The number of aryl methyl sites for hydroxylation is 1. The number of fused-ring (bicyclic) bond motifs is 3. The van der Waals surface area contributed by atoms with Crippen LogP contribution in [0.25, 0.3) is 11.3 Å². The monoisotopic (exact) mass is 220 g/mol. The number of halogens is 1. The maximum absolute atomic E-state index is 6.09. The fourth-order valence-corrected chi connectivity index (χ4v) is 2.12. The van der Waals surface area contributed by atoms with Gasteiger partial charge in [-0.3, -0.25) is 0 Å². The van der Waals surface area contributed by atoms with E-state index in [4.69, 9.17) is 16.1 Å². The molecule has 0 aliphatic carbocycles. The smallest absolute Gasteiger partial charge is 0.174 e. The van der Waals surface area contributed by atoms with Crippen molar-refractivity contribution in [2.75, 3.05) is 5.32 Å². The summed E-state index contributed by atoms with van der Waals surface area (Å²) in [7, 11) is 0.